The first-order chi connectivity index (χ1) is 11.3. The summed E-state index contributed by atoms with van der Waals surface area (Å²) in [6, 6.07) is 13.8. The largest absolute Gasteiger partial charge is 0.361 e. The number of anilines is 1. The zero-order chi connectivity index (χ0) is 15.6. The smallest absolute Gasteiger partial charge is 0.254 e. The van der Waals surface area contributed by atoms with E-state index in [9.17, 15) is 4.79 Å². The number of piperazine rings is 1. The Morgan fingerprint density at radius 3 is 2.70 bits per heavy atom. The molecule has 0 saturated carbocycles. The Labute approximate surface area is 134 Å². The van der Waals surface area contributed by atoms with Crippen LogP contribution >= 0.6 is 0 Å². The molecule has 1 fully saturated rings. The fourth-order valence-corrected chi connectivity index (χ4v) is 3.04. The highest BCUT2D eigenvalue weighted by molar-refractivity contribution is 5.98. The van der Waals surface area contributed by atoms with Gasteiger partial charge in [0.25, 0.3) is 5.91 Å². The van der Waals surface area contributed by atoms with Crippen molar-refractivity contribution in [1.82, 2.24) is 14.9 Å². The number of amides is 1. The second-order valence-electron chi connectivity index (χ2n) is 5.75. The number of aromatic nitrogens is 2. The maximum absolute atomic E-state index is 12.7. The number of nitrogens with one attached hydrogen (secondary N) is 1. The van der Waals surface area contributed by atoms with Crippen molar-refractivity contribution in [2.24, 2.45) is 0 Å². The number of benzene rings is 1. The Morgan fingerprint density at radius 2 is 1.91 bits per heavy atom. The van der Waals surface area contributed by atoms with Gasteiger partial charge in [0.05, 0.1) is 0 Å². The summed E-state index contributed by atoms with van der Waals surface area (Å²) in [6.45, 7) is 3.07. The summed E-state index contributed by atoms with van der Waals surface area (Å²) in [6.07, 6.45) is 3.70. The molecule has 116 valence electrons. The lowest BCUT2D eigenvalue weighted by Crippen LogP contribution is -2.49. The number of hydrogen-bond acceptors (Lipinski definition) is 3. The highest BCUT2D eigenvalue weighted by atomic mass is 16.2. The molecule has 1 aliphatic rings. The standard InChI is InChI=1S/C18H18N4O/c23-18(15-5-4-14-6-8-19-16(14)13-15)22-11-9-21(10-12-22)17-3-1-2-7-20-17/h1-8,13,19H,9-12H2. The molecule has 2 aromatic heterocycles. The third-order valence-electron chi connectivity index (χ3n) is 4.34. The van der Waals surface area contributed by atoms with Crippen LogP contribution < -0.4 is 4.90 Å². The molecule has 4 rings (SSSR count). The first-order valence-corrected chi connectivity index (χ1v) is 7.84. The van der Waals surface area contributed by atoms with Gasteiger partial charge in [0.15, 0.2) is 0 Å². The topological polar surface area (TPSA) is 52.2 Å². The van der Waals surface area contributed by atoms with Crippen LogP contribution in [-0.2, 0) is 0 Å². The summed E-state index contributed by atoms with van der Waals surface area (Å²) in [5.41, 5.74) is 1.74. The lowest BCUT2D eigenvalue weighted by molar-refractivity contribution is 0.0746. The maximum Gasteiger partial charge on any atom is 0.254 e. The average molecular weight is 306 g/mol. The number of H-pyrrole nitrogens is 1. The zero-order valence-corrected chi connectivity index (χ0v) is 12.8. The van der Waals surface area contributed by atoms with Gasteiger partial charge in [0.1, 0.15) is 5.82 Å². The molecule has 3 aromatic rings. The zero-order valence-electron chi connectivity index (χ0n) is 12.8. The Balaban J connectivity index is 1.46. The summed E-state index contributed by atoms with van der Waals surface area (Å²) in [7, 11) is 0. The molecule has 1 aromatic carbocycles. The molecule has 1 aliphatic heterocycles. The number of carbonyl (C=O) groups is 1. The molecule has 0 aliphatic carbocycles. The summed E-state index contributed by atoms with van der Waals surface area (Å²) >= 11 is 0. The summed E-state index contributed by atoms with van der Waals surface area (Å²) in [5.74, 6) is 1.08. The molecule has 3 heterocycles. The minimum absolute atomic E-state index is 0.0992. The Hall–Kier alpha value is -2.82. The van der Waals surface area contributed by atoms with Gasteiger partial charge in [-0.1, -0.05) is 12.1 Å². The molecule has 1 N–H and O–H groups in total. The first kappa shape index (κ1) is 13.8. The van der Waals surface area contributed by atoms with Crippen LogP contribution in [0, 0.1) is 0 Å². The number of hydrogen-bond donors (Lipinski definition) is 1. The van der Waals surface area contributed by atoms with Crippen LogP contribution in [0.5, 0.6) is 0 Å². The Morgan fingerprint density at radius 1 is 1.04 bits per heavy atom. The van der Waals surface area contributed by atoms with Crippen LogP contribution in [0.15, 0.2) is 54.9 Å². The van der Waals surface area contributed by atoms with Gasteiger partial charge < -0.3 is 14.8 Å². The van der Waals surface area contributed by atoms with Crippen LogP contribution in [-0.4, -0.2) is 47.0 Å². The predicted molar refractivity (Wildman–Crippen MR) is 90.7 cm³/mol. The number of rotatable bonds is 2. The van der Waals surface area contributed by atoms with Gasteiger partial charge in [0, 0.05) is 49.7 Å². The second-order valence-corrected chi connectivity index (χ2v) is 5.75. The molecule has 0 bridgehead atoms. The molecule has 0 radical (unpaired) electrons. The van der Waals surface area contributed by atoms with E-state index in [0.29, 0.717) is 0 Å². The van der Waals surface area contributed by atoms with Gasteiger partial charge in [-0.15, -0.1) is 0 Å². The predicted octanol–water partition coefficient (Wildman–Crippen LogP) is 2.53. The maximum atomic E-state index is 12.7. The molecule has 1 amide bonds. The van der Waals surface area contributed by atoms with Crippen molar-refractivity contribution >= 4 is 22.6 Å². The summed E-state index contributed by atoms with van der Waals surface area (Å²) < 4.78 is 0. The average Bonchev–Trinajstić information content (AvgIpc) is 3.10. The third kappa shape index (κ3) is 2.65. The van der Waals surface area contributed by atoms with E-state index in [1.165, 1.54) is 0 Å². The van der Waals surface area contributed by atoms with Crippen molar-refractivity contribution in [1.29, 1.82) is 0 Å². The van der Waals surface area contributed by atoms with Gasteiger partial charge in [-0.2, -0.15) is 0 Å². The van der Waals surface area contributed by atoms with Crippen molar-refractivity contribution in [3.8, 4) is 0 Å². The number of pyridine rings is 1. The van der Waals surface area contributed by atoms with E-state index in [1.807, 2.05) is 53.6 Å². The highest BCUT2D eigenvalue weighted by Gasteiger charge is 2.22. The van der Waals surface area contributed by atoms with E-state index in [1.54, 1.807) is 6.20 Å². The molecule has 5 heteroatoms. The van der Waals surface area contributed by atoms with Gasteiger partial charge in [-0.05, 0) is 35.7 Å². The number of fused-ring (bicyclic) bond motifs is 1. The molecular formula is C18H18N4O. The monoisotopic (exact) mass is 306 g/mol. The normalized spacial score (nSPS) is 15.1. The fourth-order valence-electron chi connectivity index (χ4n) is 3.04. The van der Waals surface area contributed by atoms with Crippen LogP contribution in [0.25, 0.3) is 10.9 Å². The highest BCUT2D eigenvalue weighted by Crippen LogP contribution is 2.18. The van der Waals surface area contributed by atoms with E-state index in [-0.39, 0.29) is 5.91 Å². The molecule has 0 spiro atoms. The lowest BCUT2D eigenvalue weighted by Gasteiger charge is -2.35. The van der Waals surface area contributed by atoms with Gasteiger partial charge in [0.2, 0.25) is 0 Å². The van der Waals surface area contributed by atoms with Gasteiger partial charge in [-0.25, -0.2) is 4.98 Å². The van der Waals surface area contributed by atoms with Crippen LogP contribution in [0.2, 0.25) is 0 Å². The van der Waals surface area contributed by atoms with E-state index in [0.717, 1.165) is 48.5 Å². The van der Waals surface area contributed by atoms with Crippen molar-refractivity contribution in [2.75, 3.05) is 31.1 Å². The first-order valence-electron chi connectivity index (χ1n) is 7.84. The molecule has 0 unspecified atom stereocenters. The minimum Gasteiger partial charge on any atom is -0.361 e. The fraction of sp³-hybridized carbons (Fsp3) is 0.222. The number of nitrogens with zero attached hydrogens (tertiary/aromatic N) is 3. The van der Waals surface area contributed by atoms with Crippen molar-refractivity contribution in [2.45, 2.75) is 0 Å². The van der Waals surface area contributed by atoms with E-state index in [4.69, 9.17) is 0 Å². The Kier molecular flexibility index (Phi) is 3.46. The molecule has 0 atom stereocenters. The van der Waals surface area contributed by atoms with E-state index >= 15 is 0 Å². The van der Waals surface area contributed by atoms with Crippen molar-refractivity contribution in [3.05, 3.63) is 60.4 Å². The molecule has 1 saturated heterocycles. The van der Waals surface area contributed by atoms with Gasteiger partial charge >= 0.3 is 0 Å². The van der Waals surface area contributed by atoms with Gasteiger partial charge in [-0.3, -0.25) is 4.79 Å². The summed E-state index contributed by atoms with van der Waals surface area (Å²) in [4.78, 5) is 24.4. The van der Waals surface area contributed by atoms with Crippen molar-refractivity contribution < 1.29 is 4.79 Å². The number of aromatic amines is 1. The quantitative estimate of drug-likeness (QED) is 0.791. The minimum atomic E-state index is 0.0992. The van der Waals surface area contributed by atoms with Crippen molar-refractivity contribution in [3.63, 3.8) is 0 Å². The summed E-state index contributed by atoms with van der Waals surface area (Å²) in [5, 5.41) is 1.13. The molecule has 23 heavy (non-hydrogen) atoms. The lowest BCUT2D eigenvalue weighted by atomic mass is 10.1. The second kappa shape index (κ2) is 5.76. The SMILES string of the molecule is O=C(c1ccc2cc[nH]c2c1)N1CCN(c2ccccn2)CC1. The van der Waals surface area contributed by atoms with E-state index in [2.05, 4.69) is 14.9 Å². The van der Waals surface area contributed by atoms with Crippen LogP contribution in [0.4, 0.5) is 5.82 Å². The van der Waals surface area contributed by atoms with Crippen LogP contribution in [0.1, 0.15) is 10.4 Å². The Bertz CT molecular complexity index is 819. The van der Waals surface area contributed by atoms with E-state index < -0.39 is 0 Å². The number of carbonyl (C=O) groups excluding carboxylic acids is 1. The molecular weight excluding hydrogens is 288 g/mol. The molecule has 5 nitrogen and oxygen atoms in total. The third-order valence-corrected chi connectivity index (χ3v) is 4.34. The van der Waals surface area contributed by atoms with Crippen LogP contribution in [0.3, 0.4) is 0 Å².